The van der Waals surface area contributed by atoms with Gasteiger partial charge in [0.25, 0.3) is 5.91 Å². The van der Waals surface area contributed by atoms with Crippen LogP contribution in [0, 0.1) is 11.3 Å². The van der Waals surface area contributed by atoms with Crippen LogP contribution in [-0.2, 0) is 16.0 Å². The summed E-state index contributed by atoms with van der Waals surface area (Å²) in [5.74, 6) is -0.852. The van der Waals surface area contributed by atoms with Crippen molar-refractivity contribution in [3.8, 4) is 16.9 Å². The lowest BCUT2D eigenvalue weighted by Crippen LogP contribution is -2.43. The molecule has 4 aromatic carbocycles. The van der Waals surface area contributed by atoms with Crippen molar-refractivity contribution in [3.05, 3.63) is 131 Å². The summed E-state index contributed by atoms with van der Waals surface area (Å²) in [7, 11) is 2.95. The topological polar surface area (TPSA) is 115 Å². The van der Waals surface area contributed by atoms with Crippen LogP contribution in [0.3, 0.4) is 0 Å². The van der Waals surface area contributed by atoms with Gasteiger partial charge in [0.2, 0.25) is 0 Å². The molecule has 0 aromatic heterocycles. The summed E-state index contributed by atoms with van der Waals surface area (Å²) >= 11 is 0. The Hall–Kier alpha value is -5.17. The molecule has 7 heteroatoms. The Morgan fingerprint density at radius 3 is 2.27 bits per heavy atom. The van der Waals surface area contributed by atoms with Crippen LogP contribution in [0.2, 0.25) is 0 Å². The van der Waals surface area contributed by atoms with E-state index in [0.717, 1.165) is 28.0 Å². The van der Waals surface area contributed by atoms with Crippen LogP contribution in [0.15, 0.2) is 109 Å². The molecule has 0 aliphatic rings. The molecule has 208 valence electrons. The van der Waals surface area contributed by atoms with E-state index in [1.54, 1.807) is 37.4 Å². The van der Waals surface area contributed by atoms with E-state index in [2.05, 4.69) is 5.32 Å². The summed E-state index contributed by atoms with van der Waals surface area (Å²) in [6, 6.07) is 31.0. The summed E-state index contributed by atoms with van der Waals surface area (Å²) in [6.07, 6.45) is 3.95. The van der Waals surface area contributed by atoms with E-state index in [9.17, 15) is 9.59 Å². The van der Waals surface area contributed by atoms with Crippen molar-refractivity contribution in [2.75, 3.05) is 14.2 Å². The van der Waals surface area contributed by atoms with Gasteiger partial charge in [0.15, 0.2) is 0 Å². The standard InChI is InChI=1S/C34H33N3O4/c1-40-31-14-7-6-13-28(31)25-16-18-26(19-17-25)33(38)37-30(20-15-23-9-4-3-5-10-23)29(34(39)41-2)22-24-11-8-12-27(21-24)32(35)36/h3-21,29-30H,22H2,1-2H3,(H3,35,36)(H,37,38)/b20-15+. The Kier molecular flexibility index (Phi) is 9.67. The number of ether oxygens (including phenoxy) is 2. The van der Waals surface area contributed by atoms with Crippen molar-refractivity contribution in [2.24, 2.45) is 11.7 Å². The number of hydrogen-bond donors (Lipinski definition) is 3. The molecule has 4 N–H and O–H groups in total. The fraction of sp³-hybridized carbons (Fsp3) is 0.147. The van der Waals surface area contributed by atoms with E-state index < -0.39 is 17.9 Å². The molecule has 0 fully saturated rings. The van der Waals surface area contributed by atoms with Crippen molar-refractivity contribution < 1.29 is 19.1 Å². The normalized spacial score (nSPS) is 12.3. The molecule has 1 amide bonds. The maximum Gasteiger partial charge on any atom is 0.311 e. The number of carbonyl (C=O) groups is 2. The van der Waals surface area contributed by atoms with Gasteiger partial charge in [-0.2, -0.15) is 0 Å². The second-order valence-corrected chi connectivity index (χ2v) is 9.49. The predicted octanol–water partition coefficient (Wildman–Crippen LogP) is 5.49. The zero-order valence-corrected chi connectivity index (χ0v) is 23.0. The number of amidine groups is 1. The molecule has 0 heterocycles. The monoisotopic (exact) mass is 547 g/mol. The second-order valence-electron chi connectivity index (χ2n) is 9.49. The van der Waals surface area contributed by atoms with E-state index in [1.807, 2.05) is 84.9 Å². The third-order valence-corrected chi connectivity index (χ3v) is 6.79. The zero-order chi connectivity index (χ0) is 29.2. The van der Waals surface area contributed by atoms with Crippen LogP contribution in [0.25, 0.3) is 17.2 Å². The number of rotatable bonds is 11. The summed E-state index contributed by atoms with van der Waals surface area (Å²) in [4.78, 5) is 26.6. The van der Waals surface area contributed by atoms with E-state index in [0.29, 0.717) is 11.1 Å². The SMILES string of the molecule is COC(=O)C(Cc1cccc(C(=N)N)c1)C(/C=C/c1ccccc1)NC(=O)c1ccc(-c2ccccc2OC)cc1. The maximum atomic E-state index is 13.5. The largest absolute Gasteiger partial charge is 0.496 e. The van der Waals surface area contributed by atoms with E-state index in [-0.39, 0.29) is 18.2 Å². The molecular weight excluding hydrogens is 514 g/mol. The van der Waals surface area contributed by atoms with Crippen molar-refractivity contribution in [1.29, 1.82) is 5.41 Å². The van der Waals surface area contributed by atoms with E-state index >= 15 is 0 Å². The highest BCUT2D eigenvalue weighted by atomic mass is 16.5. The molecule has 0 saturated carbocycles. The molecule has 2 atom stereocenters. The molecule has 0 saturated heterocycles. The first-order valence-electron chi connectivity index (χ1n) is 13.2. The number of methoxy groups -OCH3 is 2. The van der Waals surface area contributed by atoms with Gasteiger partial charge < -0.3 is 20.5 Å². The molecule has 0 spiro atoms. The molecule has 0 bridgehead atoms. The molecule has 4 aromatic rings. The Labute approximate surface area is 240 Å². The predicted molar refractivity (Wildman–Crippen MR) is 162 cm³/mol. The summed E-state index contributed by atoms with van der Waals surface area (Å²) < 4.78 is 10.6. The average Bonchev–Trinajstić information content (AvgIpc) is 3.02. The van der Waals surface area contributed by atoms with Gasteiger partial charge in [0, 0.05) is 16.7 Å². The number of esters is 1. The molecule has 7 nitrogen and oxygen atoms in total. The van der Waals surface area contributed by atoms with Gasteiger partial charge >= 0.3 is 5.97 Å². The highest BCUT2D eigenvalue weighted by molar-refractivity contribution is 5.96. The van der Waals surface area contributed by atoms with Crippen molar-refractivity contribution in [2.45, 2.75) is 12.5 Å². The van der Waals surface area contributed by atoms with Crippen LogP contribution < -0.4 is 15.8 Å². The number of hydrogen-bond acceptors (Lipinski definition) is 5. The minimum Gasteiger partial charge on any atom is -0.496 e. The molecule has 2 unspecified atom stereocenters. The molecule has 0 aliphatic heterocycles. The molecule has 4 rings (SSSR count). The highest BCUT2D eigenvalue weighted by Gasteiger charge is 2.30. The lowest BCUT2D eigenvalue weighted by atomic mass is 9.90. The minimum atomic E-state index is -0.737. The summed E-state index contributed by atoms with van der Waals surface area (Å²) in [5, 5.41) is 10.8. The van der Waals surface area contributed by atoms with Crippen molar-refractivity contribution in [3.63, 3.8) is 0 Å². The zero-order valence-electron chi connectivity index (χ0n) is 23.0. The molecule has 0 radical (unpaired) electrons. The Balaban J connectivity index is 1.64. The number of nitrogens with one attached hydrogen (secondary N) is 2. The number of benzene rings is 4. The molecule has 41 heavy (non-hydrogen) atoms. The van der Waals surface area contributed by atoms with Crippen LogP contribution in [0.4, 0.5) is 0 Å². The molecule has 0 aliphatic carbocycles. The number of para-hydroxylation sites is 1. The fourth-order valence-electron chi connectivity index (χ4n) is 4.61. The van der Waals surface area contributed by atoms with Crippen LogP contribution in [0.5, 0.6) is 5.75 Å². The van der Waals surface area contributed by atoms with Crippen LogP contribution >= 0.6 is 0 Å². The molecular formula is C34H33N3O4. The lowest BCUT2D eigenvalue weighted by molar-refractivity contribution is -0.145. The van der Waals surface area contributed by atoms with Gasteiger partial charge in [-0.3, -0.25) is 15.0 Å². The third-order valence-electron chi connectivity index (χ3n) is 6.79. The van der Waals surface area contributed by atoms with Gasteiger partial charge in [-0.15, -0.1) is 0 Å². The third kappa shape index (κ3) is 7.48. The van der Waals surface area contributed by atoms with E-state index in [1.165, 1.54) is 7.11 Å². The summed E-state index contributed by atoms with van der Waals surface area (Å²) in [5.41, 5.74) is 10.2. The van der Waals surface area contributed by atoms with Gasteiger partial charge in [0.05, 0.1) is 26.2 Å². The van der Waals surface area contributed by atoms with Crippen molar-refractivity contribution in [1.82, 2.24) is 5.32 Å². The summed E-state index contributed by atoms with van der Waals surface area (Å²) in [6.45, 7) is 0. The number of nitrogens with two attached hydrogens (primary N) is 1. The van der Waals surface area contributed by atoms with Gasteiger partial charge in [-0.05, 0) is 47.4 Å². The van der Waals surface area contributed by atoms with Gasteiger partial charge in [-0.1, -0.05) is 91.0 Å². The maximum absolute atomic E-state index is 13.5. The fourth-order valence-corrected chi connectivity index (χ4v) is 4.61. The van der Waals surface area contributed by atoms with E-state index in [4.69, 9.17) is 20.6 Å². The number of nitrogen functional groups attached to an aromatic ring is 1. The first-order chi connectivity index (χ1) is 19.9. The number of carbonyl (C=O) groups excluding carboxylic acids is 2. The highest BCUT2D eigenvalue weighted by Crippen LogP contribution is 2.29. The first kappa shape index (κ1) is 28.8. The van der Waals surface area contributed by atoms with Crippen LogP contribution in [-0.4, -0.2) is 38.0 Å². The van der Waals surface area contributed by atoms with Gasteiger partial charge in [-0.25, -0.2) is 0 Å². The minimum absolute atomic E-state index is 0.0631. The number of amides is 1. The second kappa shape index (κ2) is 13.8. The quantitative estimate of drug-likeness (QED) is 0.131. The Bertz CT molecular complexity index is 1530. The van der Waals surface area contributed by atoms with Crippen molar-refractivity contribution >= 4 is 23.8 Å². The van der Waals surface area contributed by atoms with Gasteiger partial charge in [0.1, 0.15) is 11.6 Å². The smallest absolute Gasteiger partial charge is 0.311 e. The van der Waals surface area contributed by atoms with Crippen LogP contribution in [0.1, 0.15) is 27.0 Å². The first-order valence-corrected chi connectivity index (χ1v) is 13.2. The Morgan fingerprint density at radius 1 is 0.878 bits per heavy atom. The lowest BCUT2D eigenvalue weighted by Gasteiger charge is -2.24. The average molecular weight is 548 g/mol. The Morgan fingerprint density at radius 2 is 1.59 bits per heavy atom.